The minimum atomic E-state index is 0.350. The molecule has 1 atom stereocenters. The van der Waals surface area contributed by atoms with Crippen LogP contribution >= 0.6 is 0 Å². The largest absolute Gasteiger partial charge is 0.198 e. The van der Waals surface area contributed by atoms with Gasteiger partial charge >= 0.3 is 0 Å². The normalized spacial score (nSPS) is 12.5. The third-order valence-electron chi connectivity index (χ3n) is 2.59. The van der Waals surface area contributed by atoms with E-state index in [1.54, 1.807) is 0 Å². The Morgan fingerprint density at radius 2 is 1.73 bits per heavy atom. The van der Waals surface area contributed by atoms with E-state index in [1.165, 1.54) is 11.1 Å². The van der Waals surface area contributed by atoms with E-state index in [1.807, 2.05) is 0 Å². The highest BCUT2D eigenvalue weighted by Gasteiger charge is 2.04. The van der Waals surface area contributed by atoms with Crippen LogP contribution in [0.4, 0.5) is 0 Å². The number of hydrogen-bond acceptors (Lipinski definition) is 1. The molecular formula is C14H19N. The summed E-state index contributed by atoms with van der Waals surface area (Å²) in [6.07, 6.45) is 1.73. The third kappa shape index (κ3) is 3.75. The van der Waals surface area contributed by atoms with Crippen molar-refractivity contribution < 1.29 is 0 Å². The van der Waals surface area contributed by atoms with Crippen LogP contribution in [0, 0.1) is 17.2 Å². The van der Waals surface area contributed by atoms with Crippen LogP contribution in [0.1, 0.15) is 44.2 Å². The molecule has 1 unspecified atom stereocenters. The van der Waals surface area contributed by atoms with Crippen LogP contribution < -0.4 is 0 Å². The molecule has 0 saturated carbocycles. The maximum absolute atomic E-state index is 8.62. The first kappa shape index (κ1) is 11.8. The number of hydrogen-bond donors (Lipinski definition) is 0. The van der Waals surface area contributed by atoms with Crippen molar-refractivity contribution in [1.29, 1.82) is 5.26 Å². The fraction of sp³-hybridized carbons (Fsp3) is 0.500. The van der Waals surface area contributed by atoms with Crippen molar-refractivity contribution >= 4 is 0 Å². The summed E-state index contributed by atoms with van der Waals surface area (Å²) in [7, 11) is 0. The van der Waals surface area contributed by atoms with Gasteiger partial charge in [-0.2, -0.15) is 5.26 Å². The van der Waals surface area contributed by atoms with Gasteiger partial charge in [-0.1, -0.05) is 45.0 Å². The Labute approximate surface area is 92.7 Å². The van der Waals surface area contributed by atoms with E-state index in [-0.39, 0.29) is 0 Å². The summed E-state index contributed by atoms with van der Waals surface area (Å²) in [4.78, 5) is 0. The van der Waals surface area contributed by atoms with Crippen LogP contribution in [0.5, 0.6) is 0 Å². The maximum Gasteiger partial charge on any atom is 0.0628 e. The lowest BCUT2D eigenvalue weighted by atomic mass is 9.95. The van der Waals surface area contributed by atoms with Crippen molar-refractivity contribution in [2.75, 3.05) is 0 Å². The second kappa shape index (κ2) is 5.56. The Balaban J connectivity index is 2.68. The highest BCUT2D eigenvalue weighted by molar-refractivity contribution is 5.25. The predicted octanol–water partition coefficient (Wildman–Crippen LogP) is 3.90. The Morgan fingerprint density at radius 1 is 1.13 bits per heavy atom. The summed E-state index contributed by atoms with van der Waals surface area (Å²) in [5.74, 6) is 1.05. The van der Waals surface area contributed by atoms with Crippen LogP contribution in [0.2, 0.25) is 0 Å². The predicted molar refractivity (Wildman–Crippen MR) is 63.6 cm³/mol. The van der Waals surface area contributed by atoms with Crippen LogP contribution in [0.15, 0.2) is 24.3 Å². The molecule has 0 radical (unpaired) electrons. The lowest BCUT2D eigenvalue weighted by Gasteiger charge is -2.09. The van der Waals surface area contributed by atoms with E-state index in [0.29, 0.717) is 18.3 Å². The molecule has 0 heterocycles. The van der Waals surface area contributed by atoms with Crippen molar-refractivity contribution in [3.8, 4) is 6.07 Å². The Bertz CT molecular complexity index is 329. The minimum Gasteiger partial charge on any atom is -0.198 e. The highest BCUT2D eigenvalue weighted by atomic mass is 14.2. The molecule has 1 heteroatoms. The molecule has 0 fully saturated rings. The van der Waals surface area contributed by atoms with Crippen LogP contribution in [-0.4, -0.2) is 0 Å². The first-order valence-electron chi connectivity index (χ1n) is 5.59. The molecule has 0 N–H and O–H groups in total. The SMILES string of the molecule is CC(C)Cc1ccc(C(C)CC#N)cc1. The van der Waals surface area contributed by atoms with Gasteiger partial charge in [0.25, 0.3) is 0 Å². The summed E-state index contributed by atoms with van der Waals surface area (Å²) >= 11 is 0. The Kier molecular flexibility index (Phi) is 4.37. The zero-order chi connectivity index (χ0) is 11.3. The molecule has 0 aliphatic rings. The molecular weight excluding hydrogens is 182 g/mol. The topological polar surface area (TPSA) is 23.8 Å². The lowest BCUT2D eigenvalue weighted by molar-refractivity contribution is 0.646. The maximum atomic E-state index is 8.62. The van der Waals surface area contributed by atoms with Gasteiger partial charge in [-0.05, 0) is 29.4 Å². The molecule has 0 spiro atoms. The zero-order valence-corrected chi connectivity index (χ0v) is 9.83. The fourth-order valence-corrected chi connectivity index (χ4v) is 1.71. The van der Waals surface area contributed by atoms with Crippen molar-refractivity contribution in [3.63, 3.8) is 0 Å². The molecule has 0 amide bonds. The summed E-state index contributed by atoms with van der Waals surface area (Å²) in [6, 6.07) is 10.9. The quantitative estimate of drug-likeness (QED) is 0.724. The minimum absolute atomic E-state index is 0.350. The van der Waals surface area contributed by atoms with Crippen molar-refractivity contribution in [1.82, 2.24) is 0 Å². The van der Waals surface area contributed by atoms with Gasteiger partial charge in [0.15, 0.2) is 0 Å². The van der Waals surface area contributed by atoms with E-state index in [9.17, 15) is 0 Å². The van der Waals surface area contributed by atoms with Gasteiger partial charge in [-0.3, -0.25) is 0 Å². The van der Waals surface area contributed by atoms with E-state index in [2.05, 4.69) is 51.1 Å². The second-order valence-corrected chi connectivity index (χ2v) is 4.60. The summed E-state index contributed by atoms with van der Waals surface area (Å²) in [5.41, 5.74) is 2.65. The van der Waals surface area contributed by atoms with Crippen molar-refractivity contribution in [3.05, 3.63) is 35.4 Å². The summed E-state index contributed by atoms with van der Waals surface area (Å²) in [5, 5.41) is 8.62. The average molecular weight is 201 g/mol. The molecule has 0 aromatic heterocycles. The first-order chi connectivity index (χ1) is 7.13. The number of nitriles is 1. The standard InChI is InChI=1S/C14H19N/c1-11(2)10-13-4-6-14(7-5-13)12(3)8-9-15/h4-7,11-12H,8,10H2,1-3H3. The van der Waals surface area contributed by atoms with Gasteiger partial charge in [0.2, 0.25) is 0 Å². The van der Waals surface area contributed by atoms with Gasteiger partial charge < -0.3 is 0 Å². The molecule has 1 aromatic carbocycles. The lowest BCUT2D eigenvalue weighted by Crippen LogP contribution is -1.96. The van der Waals surface area contributed by atoms with Crippen LogP contribution in [0.3, 0.4) is 0 Å². The van der Waals surface area contributed by atoms with Gasteiger partial charge in [-0.15, -0.1) is 0 Å². The fourth-order valence-electron chi connectivity index (χ4n) is 1.71. The smallest absolute Gasteiger partial charge is 0.0628 e. The van der Waals surface area contributed by atoms with Crippen LogP contribution in [0.25, 0.3) is 0 Å². The summed E-state index contributed by atoms with van der Waals surface area (Å²) < 4.78 is 0. The third-order valence-corrected chi connectivity index (χ3v) is 2.59. The Morgan fingerprint density at radius 3 is 2.20 bits per heavy atom. The number of rotatable bonds is 4. The molecule has 0 saturated heterocycles. The molecule has 1 rings (SSSR count). The second-order valence-electron chi connectivity index (χ2n) is 4.60. The molecule has 15 heavy (non-hydrogen) atoms. The molecule has 1 aromatic rings. The van der Waals surface area contributed by atoms with E-state index >= 15 is 0 Å². The molecule has 0 bridgehead atoms. The van der Waals surface area contributed by atoms with E-state index in [0.717, 1.165) is 6.42 Å². The Hall–Kier alpha value is -1.29. The van der Waals surface area contributed by atoms with Crippen molar-refractivity contribution in [2.24, 2.45) is 5.92 Å². The van der Waals surface area contributed by atoms with Crippen LogP contribution in [-0.2, 0) is 6.42 Å². The first-order valence-corrected chi connectivity index (χ1v) is 5.59. The molecule has 0 aliphatic carbocycles. The van der Waals surface area contributed by atoms with Gasteiger partial charge in [-0.25, -0.2) is 0 Å². The number of nitrogens with zero attached hydrogens (tertiary/aromatic N) is 1. The molecule has 80 valence electrons. The zero-order valence-electron chi connectivity index (χ0n) is 9.83. The highest BCUT2D eigenvalue weighted by Crippen LogP contribution is 2.19. The molecule has 1 nitrogen and oxygen atoms in total. The summed E-state index contributed by atoms with van der Waals surface area (Å²) in [6.45, 7) is 6.55. The van der Waals surface area contributed by atoms with Crippen molar-refractivity contribution in [2.45, 2.75) is 39.5 Å². The van der Waals surface area contributed by atoms with Gasteiger partial charge in [0.1, 0.15) is 0 Å². The molecule has 0 aliphatic heterocycles. The number of benzene rings is 1. The monoisotopic (exact) mass is 201 g/mol. The van der Waals surface area contributed by atoms with Gasteiger partial charge in [0, 0.05) is 6.42 Å². The van der Waals surface area contributed by atoms with E-state index < -0.39 is 0 Å². The average Bonchev–Trinajstić information content (AvgIpc) is 2.18. The van der Waals surface area contributed by atoms with E-state index in [4.69, 9.17) is 5.26 Å². The van der Waals surface area contributed by atoms with Gasteiger partial charge in [0.05, 0.1) is 6.07 Å².